The van der Waals surface area contributed by atoms with Crippen molar-refractivity contribution < 1.29 is 9.53 Å². The number of hydrogen-bond acceptors (Lipinski definition) is 6. The van der Waals surface area contributed by atoms with E-state index >= 15 is 0 Å². The normalized spacial score (nSPS) is 10.6. The first kappa shape index (κ1) is 17.4. The molecule has 0 fully saturated rings. The number of nitrogens with one attached hydrogen (secondary N) is 1. The van der Waals surface area contributed by atoms with Crippen LogP contribution in [0.25, 0.3) is 5.69 Å². The van der Waals surface area contributed by atoms with Crippen molar-refractivity contribution in [2.24, 2.45) is 0 Å². The maximum atomic E-state index is 12.0. The molecular weight excluding hydrogens is 358 g/mol. The molecule has 0 bridgehead atoms. The molecule has 140 valence electrons. The molecule has 2 aromatic heterocycles. The zero-order valence-corrected chi connectivity index (χ0v) is 14.8. The third-order valence-corrected chi connectivity index (χ3v) is 3.83. The number of amides is 1. The Labute approximate surface area is 160 Å². The zero-order chi connectivity index (χ0) is 19.2. The van der Waals surface area contributed by atoms with Crippen molar-refractivity contribution in [3.8, 4) is 5.69 Å². The van der Waals surface area contributed by atoms with Crippen molar-refractivity contribution in [3.63, 3.8) is 0 Å². The van der Waals surface area contributed by atoms with Gasteiger partial charge in [-0.3, -0.25) is 5.32 Å². The summed E-state index contributed by atoms with van der Waals surface area (Å²) in [6.07, 6.45) is 2.55. The molecule has 2 aromatic carbocycles. The van der Waals surface area contributed by atoms with Crippen LogP contribution in [0.3, 0.4) is 0 Å². The Bertz CT molecular complexity index is 1040. The average molecular weight is 375 g/mol. The summed E-state index contributed by atoms with van der Waals surface area (Å²) >= 11 is 0. The summed E-state index contributed by atoms with van der Waals surface area (Å²) in [6, 6.07) is 19.3. The lowest BCUT2D eigenvalue weighted by atomic mass is 10.2. The Hall–Kier alpha value is -4.01. The van der Waals surface area contributed by atoms with Crippen LogP contribution in [0.4, 0.5) is 10.6 Å². The highest BCUT2D eigenvalue weighted by atomic mass is 16.5. The summed E-state index contributed by atoms with van der Waals surface area (Å²) in [7, 11) is 0. The van der Waals surface area contributed by atoms with Gasteiger partial charge in [0.1, 0.15) is 12.3 Å². The van der Waals surface area contributed by atoms with Gasteiger partial charge in [0.05, 0.1) is 24.6 Å². The van der Waals surface area contributed by atoms with Crippen LogP contribution >= 0.6 is 0 Å². The largest absolute Gasteiger partial charge is 0.443 e. The lowest BCUT2D eigenvalue weighted by Gasteiger charge is -2.02. The van der Waals surface area contributed by atoms with Gasteiger partial charge in [0.15, 0.2) is 5.82 Å². The fraction of sp³-hybridized carbons (Fsp3) is 0.105. The summed E-state index contributed by atoms with van der Waals surface area (Å²) in [5.74, 6) is 0.293. The number of aromatic nitrogens is 6. The first-order valence-corrected chi connectivity index (χ1v) is 8.61. The molecule has 0 radical (unpaired) electrons. The van der Waals surface area contributed by atoms with E-state index in [0.717, 1.165) is 11.3 Å². The van der Waals surface area contributed by atoms with E-state index in [1.54, 1.807) is 10.9 Å². The van der Waals surface area contributed by atoms with Crippen molar-refractivity contribution in [2.75, 3.05) is 5.32 Å². The van der Waals surface area contributed by atoms with Gasteiger partial charge in [-0.25, -0.2) is 9.48 Å². The van der Waals surface area contributed by atoms with Gasteiger partial charge >= 0.3 is 6.09 Å². The predicted octanol–water partition coefficient (Wildman–Crippen LogP) is 2.66. The van der Waals surface area contributed by atoms with Crippen LogP contribution in [0.5, 0.6) is 0 Å². The third kappa shape index (κ3) is 4.39. The van der Waals surface area contributed by atoms with Crippen molar-refractivity contribution in [3.05, 3.63) is 84.3 Å². The van der Waals surface area contributed by atoms with Crippen LogP contribution in [-0.4, -0.2) is 36.1 Å². The first-order chi connectivity index (χ1) is 13.8. The first-order valence-electron chi connectivity index (χ1n) is 8.61. The molecule has 4 rings (SSSR count). The fourth-order valence-corrected chi connectivity index (χ4v) is 2.54. The topological polar surface area (TPSA) is 99.8 Å². The van der Waals surface area contributed by atoms with Crippen LogP contribution < -0.4 is 5.32 Å². The summed E-state index contributed by atoms with van der Waals surface area (Å²) in [6.45, 7) is 0.607. The van der Waals surface area contributed by atoms with Crippen LogP contribution in [0.1, 0.15) is 11.3 Å². The molecule has 0 saturated heterocycles. The Balaban J connectivity index is 1.29. The molecule has 9 nitrogen and oxygen atoms in total. The molecule has 0 aliphatic carbocycles. The highest BCUT2D eigenvalue weighted by Crippen LogP contribution is 2.08. The molecule has 0 saturated carbocycles. The Morgan fingerprint density at radius 2 is 1.79 bits per heavy atom. The molecular formula is C19H17N7O2. The van der Waals surface area contributed by atoms with Crippen LogP contribution in [-0.2, 0) is 17.9 Å². The smallest absolute Gasteiger partial charge is 0.413 e. The minimum Gasteiger partial charge on any atom is -0.443 e. The molecule has 9 heteroatoms. The Morgan fingerprint density at radius 3 is 2.57 bits per heavy atom. The maximum absolute atomic E-state index is 12.0. The number of carbonyl (C=O) groups excluding carboxylic acids is 1. The molecule has 1 amide bonds. The average Bonchev–Trinajstić information content (AvgIpc) is 3.37. The third-order valence-electron chi connectivity index (χ3n) is 3.83. The van der Waals surface area contributed by atoms with E-state index in [4.69, 9.17) is 4.74 Å². The van der Waals surface area contributed by atoms with Gasteiger partial charge in [-0.05, 0) is 17.7 Å². The van der Waals surface area contributed by atoms with E-state index in [2.05, 4.69) is 25.8 Å². The SMILES string of the molecule is O=C(Nc1cnn(-c2ccccc2)n1)OCc1cn(Cc2ccccc2)nn1. The second kappa shape index (κ2) is 8.12. The standard InChI is InChI=1S/C19H17N7O2/c27-19(21-18-11-20-26(23-18)17-9-5-2-6-10-17)28-14-16-13-25(24-22-16)12-15-7-3-1-4-8-15/h1-11,13H,12,14H2,(H,21,23,27). The van der Waals surface area contributed by atoms with Gasteiger partial charge in [0.25, 0.3) is 0 Å². The minimum absolute atomic E-state index is 0.00739. The maximum Gasteiger partial charge on any atom is 0.413 e. The van der Waals surface area contributed by atoms with Crippen LogP contribution in [0, 0.1) is 0 Å². The second-order valence-corrected chi connectivity index (χ2v) is 5.95. The summed E-state index contributed by atoms with van der Waals surface area (Å²) in [4.78, 5) is 13.4. The molecule has 0 atom stereocenters. The van der Waals surface area contributed by atoms with Crippen LogP contribution in [0.15, 0.2) is 73.1 Å². The second-order valence-electron chi connectivity index (χ2n) is 5.95. The van der Waals surface area contributed by atoms with Gasteiger partial charge in [-0.1, -0.05) is 53.7 Å². The lowest BCUT2D eigenvalue weighted by Crippen LogP contribution is -2.14. The van der Waals surface area contributed by atoms with E-state index in [-0.39, 0.29) is 6.61 Å². The fourth-order valence-electron chi connectivity index (χ4n) is 2.54. The van der Waals surface area contributed by atoms with E-state index < -0.39 is 6.09 Å². The van der Waals surface area contributed by atoms with E-state index in [1.807, 2.05) is 60.7 Å². The van der Waals surface area contributed by atoms with Gasteiger partial charge in [-0.2, -0.15) is 5.10 Å². The molecule has 0 spiro atoms. The zero-order valence-electron chi connectivity index (χ0n) is 14.8. The Morgan fingerprint density at radius 1 is 1.04 bits per heavy atom. The monoisotopic (exact) mass is 375 g/mol. The molecule has 0 unspecified atom stereocenters. The summed E-state index contributed by atoms with van der Waals surface area (Å²) < 4.78 is 6.86. The summed E-state index contributed by atoms with van der Waals surface area (Å²) in [5, 5.41) is 18.9. The minimum atomic E-state index is -0.641. The molecule has 2 heterocycles. The number of benzene rings is 2. The molecule has 0 aliphatic heterocycles. The van der Waals surface area contributed by atoms with Gasteiger partial charge in [0.2, 0.25) is 0 Å². The van der Waals surface area contributed by atoms with Crippen molar-refractivity contribution in [2.45, 2.75) is 13.2 Å². The van der Waals surface area contributed by atoms with Gasteiger partial charge in [0, 0.05) is 0 Å². The molecule has 28 heavy (non-hydrogen) atoms. The molecule has 1 N–H and O–H groups in total. The lowest BCUT2D eigenvalue weighted by molar-refractivity contribution is 0.153. The highest BCUT2D eigenvalue weighted by molar-refractivity contribution is 5.82. The number of anilines is 1. The number of rotatable bonds is 6. The van der Waals surface area contributed by atoms with E-state index in [1.165, 1.54) is 11.0 Å². The van der Waals surface area contributed by atoms with E-state index in [9.17, 15) is 4.79 Å². The number of carbonyl (C=O) groups is 1. The van der Waals surface area contributed by atoms with Crippen LogP contribution in [0.2, 0.25) is 0 Å². The van der Waals surface area contributed by atoms with Gasteiger partial charge in [-0.15, -0.1) is 15.0 Å². The highest BCUT2D eigenvalue weighted by Gasteiger charge is 2.10. The van der Waals surface area contributed by atoms with Crippen molar-refractivity contribution in [1.29, 1.82) is 0 Å². The van der Waals surface area contributed by atoms with Crippen molar-refractivity contribution in [1.82, 2.24) is 30.0 Å². The number of ether oxygens (including phenoxy) is 1. The van der Waals surface area contributed by atoms with Gasteiger partial charge < -0.3 is 4.74 Å². The Kier molecular flexibility index (Phi) is 5.05. The number of hydrogen-bond donors (Lipinski definition) is 1. The number of nitrogens with zero attached hydrogens (tertiary/aromatic N) is 6. The number of para-hydroxylation sites is 1. The summed E-state index contributed by atoms with van der Waals surface area (Å²) in [5.41, 5.74) is 2.46. The quantitative estimate of drug-likeness (QED) is 0.556. The predicted molar refractivity (Wildman–Crippen MR) is 101 cm³/mol. The van der Waals surface area contributed by atoms with E-state index in [0.29, 0.717) is 18.1 Å². The molecule has 4 aromatic rings. The molecule has 0 aliphatic rings. The van der Waals surface area contributed by atoms with Crippen molar-refractivity contribution >= 4 is 11.9 Å².